The van der Waals surface area contributed by atoms with Crippen LogP contribution in [0.3, 0.4) is 0 Å². The minimum absolute atomic E-state index is 0. The highest BCUT2D eigenvalue weighted by Gasteiger charge is 2.22. The van der Waals surface area contributed by atoms with Crippen molar-refractivity contribution in [3.8, 4) is 23.1 Å². The molecule has 2 amide bonds. The molecule has 0 aliphatic heterocycles. The highest BCUT2D eigenvalue weighted by atomic mass is 16.5. The zero-order valence-corrected chi connectivity index (χ0v) is 21.7. The predicted molar refractivity (Wildman–Crippen MR) is 154 cm³/mol. The van der Waals surface area contributed by atoms with Gasteiger partial charge in [-0.2, -0.15) is 5.26 Å². The van der Waals surface area contributed by atoms with Crippen LogP contribution in [0.1, 0.15) is 32.4 Å². The number of benzene rings is 3. The summed E-state index contributed by atoms with van der Waals surface area (Å²) >= 11 is 0. The molecule has 0 saturated heterocycles. The number of nitrogens with zero attached hydrogens (tertiary/aromatic N) is 2. The first-order valence-electron chi connectivity index (χ1n) is 12.5. The van der Waals surface area contributed by atoms with Gasteiger partial charge in [0.15, 0.2) is 0 Å². The van der Waals surface area contributed by atoms with Crippen LogP contribution < -0.4 is 15.4 Å². The standard InChI is InChI=1S/C30H30N4O4.CH4/c1-4-34-27-18-23(38-5-2)15-16-24(27)25(19-31)28(34)21-11-13-22(14-12-21)32-30(36)33-26(29(35)37-3)17-20-9-7-6-8-10-20;/h6-16,18,26H,4-5,17H2,1-3H3,(H2,32,33,36);1H4. The average Bonchev–Trinajstić information content (AvgIpc) is 3.26. The van der Waals surface area contributed by atoms with E-state index >= 15 is 0 Å². The van der Waals surface area contributed by atoms with E-state index in [1.165, 1.54) is 7.11 Å². The summed E-state index contributed by atoms with van der Waals surface area (Å²) in [5.41, 5.74) is 4.62. The minimum Gasteiger partial charge on any atom is -0.494 e. The van der Waals surface area contributed by atoms with Gasteiger partial charge in [0, 0.05) is 30.1 Å². The molecule has 0 aliphatic carbocycles. The summed E-state index contributed by atoms with van der Waals surface area (Å²) in [5.74, 6) is 0.231. The number of carbonyl (C=O) groups excluding carboxylic acids is 2. The van der Waals surface area contributed by atoms with E-state index in [9.17, 15) is 14.9 Å². The lowest BCUT2D eigenvalue weighted by Gasteiger charge is -2.17. The molecule has 2 N–H and O–H groups in total. The third-order valence-electron chi connectivity index (χ3n) is 6.26. The molecule has 4 rings (SSSR count). The van der Waals surface area contributed by atoms with E-state index in [2.05, 4.69) is 21.3 Å². The van der Waals surface area contributed by atoms with Crippen molar-refractivity contribution in [1.82, 2.24) is 9.88 Å². The maximum absolute atomic E-state index is 12.7. The summed E-state index contributed by atoms with van der Waals surface area (Å²) < 4.78 is 12.6. The zero-order chi connectivity index (χ0) is 27.1. The zero-order valence-electron chi connectivity index (χ0n) is 21.7. The van der Waals surface area contributed by atoms with Crippen molar-refractivity contribution in [2.45, 2.75) is 40.3 Å². The summed E-state index contributed by atoms with van der Waals surface area (Å²) in [6.07, 6.45) is 0.309. The molecule has 202 valence electrons. The molecule has 0 aliphatic rings. The van der Waals surface area contributed by atoms with Gasteiger partial charge in [0.25, 0.3) is 0 Å². The van der Waals surface area contributed by atoms with Crippen LogP contribution in [0.5, 0.6) is 5.75 Å². The fraction of sp³-hybridized carbons (Fsp3) is 0.258. The number of urea groups is 1. The number of hydrogen-bond donors (Lipinski definition) is 2. The second kappa shape index (κ2) is 13.2. The third-order valence-corrected chi connectivity index (χ3v) is 6.26. The van der Waals surface area contributed by atoms with Gasteiger partial charge in [-0.05, 0) is 49.2 Å². The van der Waals surface area contributed by atoms with Crippen molar-refractivity contribution >= 4 is 28.6 Å². The topological polar surface area (TPSA) is 105 Å². The molecule has 1 atom stereocenters. The van der Waals surface area contributed by atoms with Crippen LogP contribution >= 0.6 is 0 Å². The van der Waals surface area contributed by atoms with Crippen LogP contribution in [0.4, 0.5) is 10.5 Å². The van der Waals surface area contributed by atoms with Crippen molar-refractivity contribution in [2.75, 3.05) is 19.0 Å². The number of carbonyl (C=O) groups is 2. The molecule has 8 nitrogen and oxygen atoms in total. The Morgan fingerprint density at radius 1 is 1.03 bits per heavy atom. The summed E-state index contributed by atoms with van der Waals surface area (Å²) in [7, 11) is 1.29. The number of anilines is 1. The fourth-order valence-electron chi connectivity index (χ4n) is 4.55. The van der Waals surface area contributed by atoms with Gasteiger partial charge in [0.2, 0.25) is 0 Å². The molecule has 4 aromatic rings. The van der Waals surface area contributed by atoms with Crippen LogP contribution in [0.2, 0.25) is 0 Å². The summed E-state index contributed by atoms with van der Waals surface area (Å²) in [4.78, 5) is 25.0. The number of rotatable bonds is 9. The van der Waals surface area contributed by atoms with Crippen LogP contribution in [0.25, 0.3) is 22.2 Å². The van der Waals surface area contributed by atoms with Gasteiger partial charge in [-0.25, -0.2) is 9.59 Å². The number of fused-ring (bicyclic) bond motifs is 1. The first kappa shape index (κ1) is 28.8. The van der Waals surface area contributed by atoms with Gasteiger partial charge in [0.05, 0.1) is 30.5 Å². The molecule has 0 bridgehead atoms. The van der Waals surface area contributed by atoms with Crippen LogP contribution in [-0.4, -0.2) is 36.3 Å². The maximum atomic E-state index is 12.7. The van der Waals surface area contributed by atoms with Crippen LogP contribution in [0, 0.1) is 11.3 Å². The molecule has 0 spiro atoms. The first-order chi connectivity index (χ1) is 18.5. The van der Waals surface area contributed by atoms with Crippen molar-refractivity contribution in [1.29, 1.82) is 5.26 Å². The molecule has 8 heteroatoms. The summed E-state index contributed by atoms with van der Waals surface area (Å²) in [6, 6.07) is 23.4. The molecular weight excluding hydrogens is 492 g/mol. The molecule has 39 heavy (non-hydrogen) atoms. The Morgan fingerprint density at radius 3 is 2.36 bits per heavy atom. The number of amides is 2. The van der Waals surface area contributed by atoms with Crippen molar-refractivity contribution in [2.24, 2.45) is 0 Å². The SMILES string of the molecule is C.CCOc1ccc2c(C#N)c(-c3ccc(NC(=O)NC(Cc4ccccc4)C(=O)OC)cc3)n(CC)c2c1. The largest absolute Gasteiger partial charge is 0.494 e. The first-order valence-corrected chi connectivity index (χ1v) is 12.5. The van der Waals surface area contributed by atoms with Gasteiger partial charge in [-0.15, -0.1) is 0 Å². The van der Waals surface area contributed by atoms with Crippen molar-refractivity contribution in [3.05, 3.63) is 83.9 Å². The Balaban J connectivity index is 0.00000420. The molecule has 1 unspecified atom stereocenters. The Kier molecular flexibility index (Phi) is 9.71. The number of nitriles is 1. The molecule has 0 fully saturated rings. The van der Waals surface area contributed by atoms with Crippen molar-refractivity contribution < 1.29 is 19.1 Å². The van der Waals surface area contributed by atoms with Gasteiger partial charge in [-0.3, -0.25) is 0 Å². The lowest BCUT2D eigenvalue weighted by Crippen LogP contribution is -2.45. The molecule has 3 aromatic carbocycles. The maximum Gasteiger partial charge on any atom is 0.328 e. The van der Waals surface area contributed by atoms with Crippen molar-refractivity contribution in [3.63, 3.8) is 0 Å². The molecule has 0 saturated carbocycles. The summed E-state index contributed by atoms with van der Waals surface area (Å²) in [6.45, 7) is 5.20. The number of nitrogens with one attached hydrogen (secondary N) is 2. The number of esters is 1. The number of hydrogen-bond acceptors (Lipinski definition) is 5. The highest BCUT2D eigenvalue weighted by molar-refractivity contribution is 5.96. The fourth-order valence-corrected chi connectivity index (χ4v) is 4.55. The Morgan fingerprint density at radius 2 is 1.74 bits per heavy atom. The van der Waals surface area contributed by atoms with E-state index in [1.807, 2.05) is 74.5 Å². The quantitative estimate of drug-likeness (QED) is 0.255. The minimum atomic E-state index is -0.832. The van der Waals surface area contributed by atoms with E-state index in [1.54, 1.807) is 12.1 Å². The highest BCUT2D eigenvalue weighted by Crippen LogP contribution is 2.35. The average molecular weight is 527 g/mol. The summed E-state index contributed by atoms with van der Waals surface area (Å²) in [5, 5.41) is 16.3. The van der Waals surface area contributed by atoms with E-state index in [0.29, 0.717) is 30.8 Å². The van der Waals surface area contributed by atoms with Gasteiger partial charge < -0.3 is 24.7 Å². The van der Waals surface area contributed by atoms with E-state index in [4.69, 9.17) is 9.47 Å². The number of aryl methyl sites for hydroxylation is 1. The Hall–Kier alpha value is -4.77. The van der Waals surface area contributed by atoms with E-state index in [0.717, 1.165) is 33.5 Å². The smallest absolute Gasteiger partial charge is 0.328 e. The number of aromatic nitrogens is 1. The number of methoxy groups -OCH3 is 1. The second-order valence-corrected chi connectivity index (χ2v) is 8.63. The second-order valence-electron chi connectivity index (χ2n) is 8.63. The number of ether oxygens (including phenoxy) is 2. The van der Waals surface area contributed by atoms with Gasteiger partial charge in [-0.1, -0.05) is 49.9 Å². The normalized spacial score (nSPS) is 11.1. The third kappa shape index (κ3) is 6.39. The van der Waals surface area contributed by atoms with Gasteiger partial charge in [0.1, 0.15) is 17.9 Å². The molecule has 0 radical (unpaired) electrons. The van der Waals surface area contributed by atoms with Gasteiger partial charge >= 0.3 is 12.0 Å². The molecular formula is C31H34N4O4. The lowest BCUT2D eigenvalue weighted by atomic mass is 10.1. The Bertz CT molecular complexity index is 1470. The lowest BCUT2D eigenvalue weighted by molar-refractivity contribution is -0.142. The van der Waals surface area contributed by atoms with Crippen LogP contribution in [-0.2, 0) is 22.5 Å². The molecule has 1 heterocycles. The molecule has 1 aromatic heterocycles. The van der Waals surface area contributed by atoms with E-state index in [-0.39, 0.29) is 7.43 Å². The van der Waals surface area contributed by atoms with E-state index < -0.39 is 18.0 Å². The monoisotopic (exact) mass is 526 g/mol. The predicted octanol–water partition coefficient (Wildman–Crippen LogP) is 6.14. The van der Waals surface area contributed by atoms with Crippen LogP contribution in [0.15, 0.2) is 72.8 Å². The Labute approximate surface area is 229 Å².